The summed E-state index contributed by atoms with van der Waals surface area (Å²) < 4.78 is 18.7. The molecule has 1 aromatic carbocycles. The molecular weight excluding hydrogens is 315 g/mol. The lowest BCUT2D eigenvalue weighted by Gasteiger charge is -2.35. The summed E-state index contributed by atoms with van der Waals surface area (Å²) >= 11 is 0. The smallest absolute Gasteiger partial charge is 0.292 e. The summed E-state index contributed by atoms with van der Waals surface area (Å²) in [6.07, 6.45) is 0. The molecule has 7 nitrogen and oxygen atoms in total. The van der Waals surface area contributed by atoms with Gasteiger partial charge in [-0.3, -0.25) is 15.0 Å². The summed E-state index contributed by atoms with van der Waals surface area (Å²) in [5.74, 6) is 0.351. The van der Waals surface area contributed by atoms with E-state index in [0.717, 1.165) is 42.7 Å². The Kier molecular flexibility index (Phi) is 4.48. The first-order chi connectivity index (χ1) is 11.5. The third-order valence-electron chi connectivity index (χ3n) is 4.41. The number of anilines is 1. The number of hydrogen-bond acceptors (Lipinski definition) is 6. The van der Waals surface area contributed by atoms with E-state index in [1.807, 2.05) is 18.7 Å². The average molecular weight is 334 g/mol. The van der Waals surface area contributed by atoms with Crippen LogP contribution < -0.4 is 4.90 Å². The second-order valence-corrected chi connectivity index (χ2v) is 5.96. The van der Waals surface area contributed by atoms with Gasteiger partial charge < -0.3 is 9.42 Å². The fourth-order valence-electron chi connectivity index (χ4n) is 3.00. The highest BCUT2D eigenvalue weighted by atomic mass is 19.1. The number of piperazine rings is 1. The van der Waals surface area contributed by atoms with Crippen LogP contribution in [0.3, 0.4) is 0 Å². The van der Waals surface area contributed by atoms with Gasteiger partial charge in [0.05, 0.1) is 10.6 Å². The number of nitro benzene ring substituents is 1. The van der Waals surface area contributed by atoms with Gasteiger partial charge in [-0.2, -0.15) is 0 Å². The molecule has 8 heteroatoms. The molecule has 0 spiro atoms. The zero-order valence-corrected chi connectivity index (χ0v) is 13.7. The molecule has 0 aliphatic carbocycles. The van der Waals surface area contributed by atoms with E-state index >= 15 is 0 Å². The molecule has 0 bridgehead atoms. The van der Waals surface area contributed by atoms with Crippen molar-refractivity contribution in [3.63, 3.8) is 0 Å². The van der Waals surface area contributed by atoms with E-state index in [2.05, 4.69) is 10.1 Å². The van der Waals surface area contributed by atoms with Crippen molar-refractivity contribution < 1.29 is 13.8 Å². The number of aryl methyl sites for hydroxylation is 2. The van der Waals surface area contributed by atoms with E-state index in [-0.39, 0.29) is 5.69 Å². The molecule has 0 saturated carbocycles. The Morgan fingerprint density at radius 1 is 1.29 bits per heavy atom. The molecule has 2 aromatic rings. The molecule has 1 aliphatic rings. The minimum absolute atomic E-state index is 0.0597. The third kappa shape index (κ3) is 3.23. The number of aromatic nitrogens is 1. The highest BCUT2D eigenvalue weighted by Crippen LogP contribution is 2.30. The summed E-state index contributed by atoms with van der Waals surface area (Å²) in [6.45, 7) is 7.22. The summed E-state index contributed by atoms with van der Waals surface area (Å²) in [7, 11) is 0. The number of benzene rings is 1. The summed E-state index contributed by atoms with van der Waals surface area (Å²) in [6, 6.07) is 3.58. The van der Waals surface area contributed by atoms with Gasteiger partial charge in [0.15, 0.2) is 0 Å². The summed E-state index contributed by atoms with van der Waals surface area (Å²) in [5.41, 5.74) is 2.25. The summed E-state index contributed by atoms with van der Waals surface area (Å²) in [5, 5.41) is 15.1. The van der Waals surface area contributed by atoms with Gasteiger partial charge in [0.1, 0.15) is 17.3 Å². The van der Waals surface area contributed by atoms with Gasteiger partial charge in [0, 0.05) is 50.4 Å². The Balaban J connectivity index is 1.69. The zero-order chi connectivity index (χ0) is 17.3. The maximum Gasteiger partial charge on any atom is 0.292 e. The van der Waals surface area contributed by atoms with E-state index in [1.54, 1.807) is 0 Å². The number of nitrogens with zero attached hydrogens (tertiary/aromatic N) is 4. The Labute approximate surface area is 138 Å². The zero-order valence-electron chi connectivity index (χ0n) is 13.7. The van der Waals surface area contributed by atoms with Crippen LogP contribution in [0.1, 0.15) is 17.0 Å². The molecule has 1 saturated heterocycles. The highest BCUT2D eigenvalue weighted by Gasteiger charge is 2.25. The molecule has 0 N–H and O–H groups in total. The van der Waals surface area contributed by atoms with E-state index in [9.17, 15) is 14.5 Å². The lowest BCUT2D eigenvalue weighted by Crippen LogP contribution is -2.46. The molecule has 0 unspecified atom stereocenters. The minimum Gasteiger partial charge on any atom is -0.363 e. The van der Waals surface area contributed by atoms with Crippen LogP contribution in [0.4, 0.5) is 15.8 Å². The number of rotatable bonds is 4. The average Bonchev–Trinajstić information content (AvgIpc) is 2.87. The van der Waals surface area contributed by atoms with Crippen molar-refractivity contribution in [2.45, 2.75) is 20.4 Å². The topological polar surface area (TPSA) is 75.7 Å². The van der Waals surface area contributed by atoms with Crippen molar-refractivity contribution in [3.8, 4) is 0 Å². The van der Waals surface area contributed by atoms with Crippen LogP contribution in [0.25, 0.3) is 0 Å². The normalized spacial score (nSPS) is 15.7. The molecule has 2 heterocycles. The second-order valence-electron chi connectivity index (χ2n) is 5.96. The lowest BCUT2D eigenvalue weighted by molar-refractivity contribution is -0.384. The van der Waals surface area contributed by atoms with Gasteiger partial charge in [0.25, 0.3) is 5.69 Å². The first kappa shape index (κ1) is 16.4. The van der Waals surface area contributed by atoms with E-state index in [0.29, 0.717) is 18.8 Å². The molecule has 128 valence electrons. The van der Waals surface area contributed by atoms with E-state index < -0.39 is 10.7 Å². The second kappa shape index (κ2) is 6.56. The quantitative estimate of drug-likeness (QED) is 0.632. The van der Waals surface area contributed by atoms with Crippen LogP contribution in [-0.2, 0) is 6.54 Å². The van der Waals surface area contributed by atoms with Gasteiger partial charge in [-0.05, 0) is 19.9 Å². The predicted molar refractivity (Wildman–Crippen MR) is 86.5 cm³/mol. The Bertz CT molecular complexity index is 734. The Morgan fingerprint density at radius 3 is 2.58 bits per heavy atom. The largest absolute Gasteiger partial charge is 0.363 e. The van der Waals surface area contributed by atoms with Crippen molar-refractivity contribution in [2.24, 2.45) is 0 Å². The maximum atomic E-state index is 13.5. The van der Waals surface area contributed by atoms with Gasteiger partial charge in [-0.25, -0.2) is 4.39 Å². The molecular formula is C16H19FN4O3. The fourth-order valence-corrected chi connectivity index (χ4v) is 3.00. The van der Waals surface area contributed by atoms with Crippen molar-refractivity contribution in [1.29, 1.82) is 0 Å². The number of nitro groups is 1. The maximum absolute atomic E-state index is 13.5. The van der Waals surface area contributed by atoms with E-state index in [1.165, 1.54) is 12.1 Å². The molecule has 1 aromatic heterocycles. The monoisotopic (exact) mass is 334 g/mol. The first-order valence-corrected chi connectivity index (χ1v) is 7.78. The molecule has 24 heavy (non-hydrogen) atoms. The van der Waals surface area contributed by atoms with Gasteiger partial charge in [-0.15, -0.1) is 0 Å². The SMILES string of the molecule is Cc1noc(C)c1CN1CCN(c2cc(F)ccc2[N+](=O)[O-])CC1. The Morgan fingerprint density at radius 2 is 2.00 bits per heavy atom. The van der Waals surface area contributed by atoms with Crippen molar-refractivity contribution in [1.82, 2.24) is 10.1 Å². The summed E-state index contributed by atoms with van der Waals surface area (Å²) in [4.78, 5) is 14.8. The molecule has 0 atom stereocenters. The van der Waals surface area contributed by atoms with Crippen molar-refractivity contribution in [2.75, 3.05) is 31.1 Å². The molecule has 0 amide bonds. The van der Waals surface area contributed by atoms with Crippen molar-refractivity contribution >= 4 is 11.4 Å². The van der Waals surface area contributed by atoms with Crippen LogP contribution in [0.15, 0.2) is 22.7 Å². The molecule has 3 rings (SSSR count). The van der Waals surface area contributed by atoms with Crippen LogP contribution in [0.2, 0.25) is 0 Å². The van der Waals surface area contributed by atoms with Crippen LogP contribution >= 0.6 is 0 Å². The van der Waals surface area contributed by atoms with Crippen LogP contribution in [-0.4, -0.2) is 41.2 Å². The third-order valence-corrected chi connectivity index (χ3v) is 4.41. The fraction of sp³-hybridized carbons (Fsp3) is 0.438. The van der Waals surface area contributed by atoms with Gasteiger partial charge in [-0.1, -0.05) is 5.16 Å². The van der Waals surface area contributed by atoms with Gasteiger partial charge in [0.2, 0.25) is 0 Å². The highest BCUT2D eigenvalue weighted by molar-refractivity contribution is 5.63. The van der Waals surface area contributed by atoms with Crippen LogP contribution in [0, 0.1) is 29.8 Å². The molecule has 0 radical (unpaired) electrons. The minimum atomic E-state index is -0.467. The predicted octanol–water partition coefficient (Wildman–Crippen LogP) is 2.66. The van der Waals surface area contributed by atoms with Crippen LogP contribution in [0.5, 0.6) is 0 Å². The van der Waals surface area contributed by atoms with Gasteiger partial charge >= 0.3 is 0 Å². The van der Waals surface area contributed by atoms with Crippen molar-refractivity contribution in [3.05, 3.63) is 51.1 Å². The molecule has 1 fully saturated rings. The standard InChI is InChI=1S/C16H19FN4O3/c1-11-14(12(2)24-18-11)10-19-5-7-20(8-6-19)16-9-13(17)3-4-15(16)21(22)23/h3-4,9H,5-8,10H2,1-2H3. The Hall–Kier alpha value is -2.48. The van der Waals surface area contributed by atoms with E-state index in [4.69, 9.17) is 4.52 Å². The number of hydrogen-bond donors (Lipinski definition) is 0. The lowest BCUT2D eigenvalue weighted by atomic mass is 10.1. The molecule has 1 aliphatic heterocycles. The number of halogens is 1. The first-order valence-electron chi connectivity index (χ1n) is 7.78.